The number of hydrogen-bond donors (Lipinski definition) is 1. The topological polar surface area (TPSA) is 49.8 Å². The molecule has 0 radical (unpaired) electrons. The normalized spacial score (nSPS) is 16.7. The van der Waals surface area contributed by atoms with Crippen LogP contribution in [-0.2, 0) is 16.1 Å². The van der Waals surface area contributed by atoms with Crippen molar-refractivity contribution in [2.45, 2.75) is 19.4 Å². The number of carboxylic acid groups (broad SMARTS) is 1. The van der Waals surface area contributed by atoms with Crippen LogP contribution in [0.5, 0.6) is 0 Å². The van der Waals surface area contributed by atoms with Gasteiger partial charge in [0, 0.05) is 26.3 Å². The second kappa shape index (κ2) is 7.26. The predicted molar refractivity (Wildman–Crippen MR) is 72.9 cm³/mol. The second-order valence-corrected chi connectivity index (χ2v) is 5.10. The Morgan fingerprint density at radius 2 is 1.95 bits per heavy atom. The molecular formula is C15H21NO3. The summed E-state index contributed by atoms with van der Waals surface area (Å²) in [7, 11) is 0. The molecule has 0 aliphatic carbocycles. The number of carboxylic acids is 1. The van der Waals surface area contributed by atoms with Gasteiger partial charge >= 0.3 is 5.97 Å². The number of carbonyl (C=O) groups is 1. The van der Waals surface area contributed by atoms with Crippen molar-refractivity contribution < 1.29 is 14.6 Å². The van der Waals surface area contributed by atoms with Crippen molar-refractivity contribution in [2.75, 3.05) is 26.3 Å². The summed E-state index contributed by atoms with van der Waals surface area (Å²) in [5, 5.41) is 9.03. The number of hydrogen-bond acceptors (Lipinski definition) is 3. The largest absolute Gasteiger partial charge is 0.480 e. The fourth-order valence-corrected chi connectivity index (χ4v) is 2.51. The fourth-order valence-electron chi connectivity index (χ4n) is 2.51. The van der Waals surface area contributed by atoms with E-state index >= 15 is 0 Å². The molecule has 4 heteroatoms. The number of aliphatic carboxylic acids is 1. The molecule has 0 aromatic heterocycles. The molecule has 1 N–H and O–H groups in total. The highest BCUT2D eigenvalue weighted by atomic mass is 16.5. The SMILES string of the molecule is O=C(O)CN(Cc1ccccc1)CC1CCOCC1. The van der Waals surface area contributed by atoms with Gasteiger partial charge in [0.15, 0.2) is 0 Å². The first-order chi connectivity index (χ1) is 9.24. The second-order valence-electron chi connectivity index (χ2n) is 5.10. The lowest BCUT2D eigenvalue weighted by Crippen LogP contribution is -2.35. The van der Waals surface area contributed by atoms with Gasteiger partial charge in [-0.2, -0.15) is 0 Å². The van der Waals surface area contributed by atoms with Crippen LogP contribution in [0.15, 0.2) is 30.3 Å². The van der Waals surface area contributed by atoms with E-state index in [4.69, 9.17) is 9.84 Å². The van der Waals surface area contributed by atoms with Crippen molar-refractivity contribution >= 4 is 5.97 Å². The number of benzene rings is 1. The Morgan fingerprint density at radius 1 is 1.26 bits per heavy atom. The smallest absolute Gasteiger partial charge is 0.317 e. The molecule has 1 aromatic carbocycles. The lowest BCUT2D eigenvalue weighted by molar-refractivity contribution is -0.138. The molecule has 1 aromatic rings. The minimum absolute atomic E-state index is 0.103. The van der Waals surface area contributed by atoms with E-state index in [9.17, 15) is 4.79 Å². The third-order valence-electron chi connectivity index (χ3n) is 3.47. The minimum atomic E-state index is -0.761. The molecule has 1 aliphatic rings. The zero-order valence-corrected chi connectivity index (χ0v) is 11.1. The fraction of sp³-hybridized carbons (Fsp3) is 0.533. The van der Waals surface area contributed by atoms with Gasteiger partial charge < -0.3 is 9.84 Å². The van der Waals surface area contributed by atoms with Crippen LogP contribution in [0.4, 0.5) is 0 Å². The number of ether oxygens (including phenoxy) is 1. The van der Waals surface area contributed by atoms with Gasteiger partial charge in [0.1, 0.15) is 0 Å². The minimum Gasteiger partial charge on any atom is -0.480 e. The van der Waals surface area contributed by atoms with Crippen molar-refractivity contribution in [1.29, 1.82) is 0 Å². The standard InChI is InChI=1S/C15H21NO3/c17-15(18)12-16(10-13-4-2-1-3-5-13)11-14-6-8-19-9-7-14/h1-5,14H,6-12H2,(H,17,18). The van der Waals surface area contributed by atoms with Crippen LogP contribution >= 0.6 is 0 Å². The van der Waals surface area contributed by atoms with E-state index in [2.05, 4.69) is 0 Å². The molecule has 4 nitrogen and oxygen atoms in total. The van der Waals surface area contributed by atoms with Crippen molar-refractivity contribution in [3.63, 3.8) is 0 Å². The van der Waals surface area contributed by atoms with E-state index in [-0.39, 0.29) is 6.54 Å². The van der Waals surface area contributed by atoms with E-state index < -0.39 is 5.97 Å². The Bertz CT molecular complexity index is 388. The van der Waals surface area contributed by atoms with Gasteiger partial charge in [-0.25, -0.2) is 0 Å². The third-order valence-corrected chi connectivity index (χ3v) is 3.47. The van der Waals surface area contributed by atoms with Crippen LogP contribution in [0.3, 0.4) is 0 Å². The maximum absolute atomic E-state index is 11.0. The molecule has 1 heterocycles. The van der Waals surface area contributed by atoms with Gasteiger partial charge in [-0.3, -0.25) is 9.69 Å². The monoisotopic (exact) mass is 263 g/mol. The zero-order chi connectivity index (χ0) is 13.5. The first-order valence-electron chi connectivity index (χ1n) is 6.80. The molecule has 0 atom stereocenters. The molecule has 104 valence electrons. The average Bonchev–Trinajstić information content (AvgIpc) is 2.40. The highest BCUT2D eigenvalue weighted by Crippen LogP contribution is 2.17. The number of rotatable bonds is 6. The molecule has 1 aliphatic heterocycles. The van der Waals surface area contributed by atoms with Gasteiger partial charge in [0.25, 0.3) is 0 Å². The third kappa shape index (κ3) is 5.01. The highest BCUT2D eigenvalue weighted by Gasteiger charge is 2.19. The van der Waals surface area contributed by atoms with E-state index in [0.717, 1.165) is 38.2 Å². The van der Waals surface area contributed by atoms with Gasteiger partial charge in [0.05, 0.1) is 6.54 Å². The van der Waals surface area contributed by atoms with E-state index in [1.807, 2.05) is 35.2 Å². The Hall–Kier alpha value is -1.39. The molecule has 1 saturated heterocycles. The lowest BCUT2D eigenvalue weighted by atomic mass is 9.99. The molecule has 0 saturated carbocycles. The summed E-state index contributed by atoms with van der Waals surface area (Å²) in [6.45, 7) is 3.25. The van der Waals surface area contributed by atoms with Crippen LogP contribution < -0.4 is 0 Å². The molecule has 2 rings (SSSR count). The van der Waals surface area contributed by atoms with Crippen LogP contribution in [0, 0.1) is 5.92 Å². The summed E-state index contributed by atoms with van der Waals surface area (Å²) in [5.41, 5.74) is 1.16. The summed E-state index contributed by atoms with van der Waals surface area (Å²) in [6.07, 6.45) is 2.07. The van der Waals surface area contributed by atoms with E-state index in [1.54, 1.807) is 0 Å². The molecule has 0 spiro atoms. The quantitative estimate of drug-likeness (QED) is 0.853. The summed E-state index contributed by atoms with van der Waals surface area (Å²) in [6, 6.07) is 10.0. The molecule has 0 bridgehead atoms. The van der Waals surface area contributed by atoms with Crippen molar-refractivity contribution in [1.82, 2.24) is 4.90 Å². The van der Waals surface area contributed by atoms with Crippen LogP contribution in [0.1, 0.15) is 18.4 Å². The first-order valence-corrected chi connectivity index (χ1v) is 6.80. The summed E-state index contributed by atoms with van der Waals surface area (Å²) in [5.74, 6) is -0.209. The maximum Gasteiger partial charge on any atom is 0.317 e. The van der Waals surface area contributed by atoms with Gasteiger partial charge in [-0.15, -0.1) is 0 Å². The van der Waals surface area contributed by atoms with Crippen molar-refractivity contribution in [3.05, 3.63) is 35.9 Å². The summed E-state index contributed by atoms with van der Waals surface area (Å²) in [4.78, 5) is 13.0. The summed E-state index contributed by atoms with van der Waals surface area (Å²) < 4.78 is 5.35. The zero-order valence-electron chi connectivity index (χ0n) is 11.1. The van der Waals surface area contributed by atoms with Crippen molar-refractivity contribution in [2.24, 2.45) is 5.92 Å². The lowest BCUT2D eigenvalue weighted by Gasteiger charge is -2.28. The Labute approximate surface area is 114 Å². The molecule has 19 heavy (non-hydrogen) atoms. The van der Waals surface area contributed by atoms with Crippen LogP contribution in [0.2, 0.25) is 0 Å². The molecule has 0 amide bonds. The van der Waals surface area contributed by atoms with Crippen molar-refractivity contribution in [3.8, 4) is 0 Å². The highest BCUT2D eigenvalue weighted by molar-refractivity contribution is 5.69. The van der Waals surface area contributed by atoms with E-state index in [1.165, 1.54) is 0 Å². The molecule has 1 fully saturated rings. The number of nitrogens with zero attached hydrogens (tertiary/aromatic N) is 1. The van der Waals surface area contributed by atoms with Crippen LogP contribution in [0.25, 0.3) is 0 Å². The average molecular weight is 263 g/mol. The Kier molecular flexibility index (Phi) is 5.36. The first kappa shape index (κ1) is 14.0. The summed E-state index contributed by atoms with van der Waals surface area (Å²) >= 11 is 0. The molecular weight excluding hydrogens is 242 g/mol. The van der Waals surface area contributed by atoms with Gasteiger partial charge in [-0.05, 0) is 24.3 Å². The Balaban J connectivity index is 1.92. The molecule has 0 unspecified atom stereocenters. The Morgan fingerprint density at radius 3 is 2.58 bits per heavy atom. The van der Waals surface area contributed by atoms with Gasteiger partial charge in [0.2, 0.25) is 0 Å². The van der Waals surface area contributed by atoms with E-state index in [0.29, 0.717) is 12.5 Å². The predicted octanol–water partition coefficient (Wildman–Crippen LogP) is 2.00. The van der Waals surface area contributed by atoms with Gasteiger partial charge in [-0.1, -0.05) is 30.3 Å². The maximum atomic E-state index is 11.0. The van der Waals surface area contributed by atoms with Crippen LogP contribution in [-0.4, -0.2) is 42.3 Å².